The van der Waals surface area contributed by atoms with Crippen molar-refractivity contribution in [3.63, 3.8) is 0 Å². The highest BCUT2D eigenvalue weighted by Crippen LogP contribution is 2.29. The first-order chi connectivity index (χ1) is 5.27. The van der Waals surface area contributed by atoms with Crippen LogP contribution in [0.2, 0.25) is 0 Å². The Morgan fingerprint density at radius 1 is 1.36 bits per heavy atom. The summed E-state index contributed by atoms with van der Waals surface area (Å²) in [7, 11) is 0. The van der Waals surface area contributed by atoms with Crippen LogP contribution >= 0.6 is 12.6 Å². The summed E-state index contributed by atoms with van der Waals surface area (Å²) in [4.78, 5) is 0. The van der Waals surface area contributed by atoms with Crippen LogP contribution in [0.1, 0.15) is 11.1 Å². The highest BCUT2D eigenvalue weighted by molar-refractivity contribution is 7.81. The normalized spacial score (nSPS) is 21.7. The highest BCUT2D eigenvalue weighted by atomic mass is 32.1. The van der Waals surface area contributed by atoms with Gasteiger partial charge in [0.15, 0.2) is 0 Å². The van der Waals surface area contributed by atoms with Crippen LogP contribution in [0.25, 0.3) is 0 Å². The number of rotatable bonds is 0. The van der Waals surface area contributed by atoms with Gasteiger partial charge in [-0.05, 0) is 30.0 Å². The molecule has 1 aliphatic rings. The third kappa shape index (κ3) is 1.11. The fourth-order valence-corrected chi connectivity index (χ4v) is 2.04. The van der Waals surface area contributed by atoms with Crippen LogP contribution in [0, 0.1) is 0 Å². The van der Waals surface area contributed by atoms with Gasteiger partial charge >= 0.3 is 0 Å². The number of anilines is 1. The molecule has 0 aliphatic heterocycles. The molecule has 0 fully saturated rings. The monoisotopic (exact) mass is 165 g/mol. The molecule has 0 bridgehead atoms. The second kappa shape index (κ2) is 2.45. The Bertz CT molecular complexity index is 283. The molecule has 0 saturated heterocycles. The lowest BCUT2D eigenvalue weighted by Crippen LogP contribution is -1.95. The predicted molar refractivity (Wildman–Crippen MR) is 51.0 cm³/mol. The Morgan fingerprint density at radius 2 is 2.18 bits per heavy atom. The average Bonchev–Trinajstić information content (AvgIpc) is 2.31. The molecule has 11 heavy (non-hydrogen) atoms. The molecular weight excluding hydrogens is 154 g/mol. The summed E-state index contributed by atoms with van der Waals surface area (Å²) in [5.74, 6) is 0. The molecule has 1 aromatic carbocycles. The Labute approximate surface area is 72.0 Å². The molecule has 2 N–H and O–H groups in total. The van der Waals surface area contributed by atoms with Gasteiger partial charge in [0.25, 0.3) is 0 Å². The zero-order valence-corrected chi connectivity index (χ0v) is 7.14. The molecule has 0 heterocycles. The largest absolute Gasteiger partial charge is 0.398 e. The van der Waals surface area contributed by atoms with E-state index in [1.165, 1.54) is 11.1 Å². The van der Waals surface area contributed by atoms with Crippen LogP contribution in [-0.2, 0) is 12.8 Å². The Kier molecular flexibility index (Phi) is 1.57. The smallest absolute Gasteiger partial charge is 0.0349 e. The molecule has 0 amide bonds. The van der Waals surface area contributed by atoms with E-state index < -0.39 is 0 Å². The molecule has 1 unspecified atom stereocenters. The molecule has 0 radical (unpaired) electrons. The van der Waals surface area contributed by atoms with Crippen molar-refractivity contribution in [1.29, 1.82) is 0 Å². The van der Waals surface area contributed by atoms with Crippen LogP contribution in [0.15, 0.2) is 18.2 Å². The van der Waals surface area contributed by atoms with Crippen molar-refractivity contribution in [1.82, 2.24) is 0 Å². The van der Waals surface area contributed by atoms with Crippen LogP contribution in [0.3, 0.4) is 0 Å². The van der Waals surface area contributed by atoms with Crippen molar-refractivity contribution < 1.29 is 0 Å². The lowest BCUT2D eigenvalue weighted by Gasteiger charge is -2.00. The minimum Gasteiger partial charge on any atom is -0.398 e. The summed E-state index contributed by atoms with van der Waals surface area (Å²) in [5, 5.41) is 0.481. The van der Waals surface area contributed by atoms with Crippen LogP contribution in [0.4, 0.5) is 5.69 Å². The van der Waals surface area contributed by atoms with Crippen molar-refractivity contribution in [2.24, 2.45) is 0 Å². The topological polar surface area (TPSA) is 26.0 Å². The van der Waals surface area contributed by atoms with E-state index in [2.05, 4.69) is 18.7 Å². The summed E-state index contributed by atoms with van der Waals surface area (Å²) in [6, 6.07) is 6.12. The lowest BCUT2D eigenvalue weighted by molar-refractivity contribution is 0.944. The van der Waals surface area contributed by atoms with E-state index in [-0.39, 0.29) is 0 Å². The molecule has 1 aliphatic carbocycles. The van der Waals surface area contributed by atoms with Gasteiger partial charge in [-0.15, -0.1) is 0 Å². The summed E-state index contributed by atoms with van der Waals surface area (Å²) < 4.78 is 0. The van der Waals surface area contributed by atoms with Crippen LogP contribution in [-0.4, -0.2) is 5.25 Å². The highest BCUT2D eigenvalue weighted by Gasteiger charge is 2.19. The number of benzene rings is 1. The first kappa shape index (κ1) is 7.04. The zero-order chi connectivity index (χ0) is 7.84. The third-order valence-electron chi connectivity index (χ3n) is 2.20. The summed E-state index contributed by atoms with van der Waals surface area (Å²) in [6.45, 7) is 0. The number of nitrogen functional groups attached to an aromatic ring is 1. The third-order valence-corrected chi connectivity index (χ3v) is 2.57. The number of thiol groups is 1. The van der Waals surface area contributed by atoms with Gasteiger partial charge in [0.2, 0.25) is 0 Å². The van der Waals surface area contributed by atoms with Crippen molar-refractivity contribution in [2.45, 2.75) is 18.1 Å². The second-order valence-corrected chi connectivity index (χ2v) is 3.78. The van der Waals surface area contributed by atoms with Gasteiger partial charge in [-0.25, -0.2) is 0 Å². The Morgan fingerprint density at radius 3 is 2.91 bits per heavy atom. The van der Waals surface area contributed by atoms with E-state index in [4.69, 9.17) is 5.73 Å². The lowest BCUT2D eigenvalue weighted by atomic mass is 10.1. The van der Waals surface area contributed by atoms with E-state index >= 15 is 0 Å². The van der Waals surface area contributed by atoms with E-state index in [1.807, 2.05) is 12.1 Å². The fraction of sp³-hybridized carbons (Fsp3) is 0.333. The Hall–Kier alpha value is -0.630. The molecule has 2 heteroatoms. The first-order valence-electron chi connectivity index (χ1n) is 3.81. The molecule has 58 valence electrons. The quantitative estimate of drug-likeness (QED) is 0.444. The first-order valence-corrected chi connectivity index (χ1v) is 4.33. The maximum Gasteiger partial charge on any atom is 0.0349 e. The number of hydrogen-bond donors (Lipinski definition) is 2. The van der Waals surface area contributed by atoms with Gasteiger partial charge in [-0.2, -0.15) is 12.6 Å². The minimum absolute atomic E-state index is 0.481. The van der Waals surface area contributed by atoms with Gasteiger partial charge in [0, 0.05) is 10.9 Å². The average molecular weight is 165 g/mol. The molecule has 0 spiro atoms. The van der Waals surface area contributed by atoms with E-state index in [1.54, 1.807) is 0 Å². The molecule has 0 saturated carbocycles. The van der Waals surface area contributed by atoms with E-state index in [0.717, 1.165) is 18.5 Å². The number of nitrogens with two attached hydrogens (primary N) is 1. The SMILES string of the molecule is Nc1cccc2c1CC(S)C2. The fourth-order valence-electron chi connectivity index (χ4n) is 1.66. The summed E-state index contributed by atoms with van der Waals surface area (Å²) in [5.41, 5.74) is 9.42. The minimum atomic E-state index is 0.481. The summed E-state index contributed by atoms with van der Waals surface area (Å²) >= 11 is 4.43. The van der Waals surface area contributed by atoms with Crippen molar-refractivity contribution >= 4 is 18.3 Å². The predicted octanol–water partition coefficient (Wildman–Crippen LogP) is 1.67. The van der Waals surface area contributed by atoms with E-state index in [0.29, 0.717) is 5.25 Å². The summed E-state index contributed by atoms with van der Waals surface area (Å²) in [6.07, 6.45) is 2.11. The van der Waals surface area contributed by atoms with Crippen molar-refractivity contribution in [3.8, 4) is 0 Å². The van der Waals surface area contributed by atoms with Crippen molar-refractivity contribution in [3.05, 3.63) is 29.3 Å². The van der Waals surface area contributed by atoms with Gasteiger partial charge in [-0.1, -0.05) is 12.1 Å². The van der Waals surface area contributed by atoms with Gasteiger partial charge in [0.05, 0.1) is 0 Å². The maximum absolute atomic E-state index is 5.80. The van der Waals surface area contributed by atoms with Gasteiger partial charge in [0.1, 0.15) is 0 Å². The maximum atomic E-state index is 5.80. The Balaban J connectivity index is 2.49. The molecule has 1 nitrogen and oxygen atoms in total. The molecule has 1 aromatic rings. The molecule has 1 atom stereocenters. The zero-order valence-electron chi connectivity index (χ0n) is 6.25. The van der Waals surface area contributed by atoms with Gasteiger partial charge in [-0.3, -0.25) is 0 Å². The molecule has 0 aromatic heterocycles. The molecule has 2 rings (SSSR count). The number of hydrogen-bond acceptors (Lipinski definition) is 2. The second-order valence-electron chi connectivity index (χ2n) is 3.05. The van der Waals surface area contributed by atoms with Crippen LogP contribution < -0.4 is 5.73 Å². The van der Waals surface area contributed by atoms with Crippen molar-refractivity contribution in [2.75, 3.05) is 5.73 Å². The van der Waals surface area contributed by atoms with Crippen LogP contribution in [0.5, 0.6) is 0 Å². The van der Waals surface area contributed by atoms with E-state index in [9.17, 15) is 0 Å². The molecular formula is C9H11NS. The standard InChI is InChI=1S/C9H11NS/c10-9-3-1-2-6-4-7(11)5-8(6)9/h1-3,7,11H,4-5,10H2. The number of fused-ring (bicyclic) bond motifs is 1. The van der Waals surface area contributed by atoms with Gasteiger partial charge < -0.3 is 5.73 Å².